The van der Waals surface area contributed by atoms with Crippen LogP contribution in [0, 0.1) is 0 Å². The van der Waals surface area contributed by atoms with Gasteiger partial charge in [0.15, 0.2) is 5.01 Å². The van der Waals surface area contributed by atoms with E-state index in [2.05, 4.69) is 32.4 Å². The molecule has 174 valence electrons. The molecular formula is C24H28ClN5O2S. The van der Waals surface area contributed by atoms with Crippen molar-refractivity contribution < 1.29 is 9.59 Å². The number of fused-ring (bicyclic) bond motifs is 2. The van der Waals surface area contributed by atoms with Crippen LogP contribution in [0.25, 0.3) is 10.9 Å². The number of amides is 2. The second-order valence-electron chi connectivity index (χ2n) is 8.87. The summed E-state index contributed by atoms with van der Waals surface area (Å²) in [5.74, 6) is -0.304. The van der Waals surface area contributed by atoms with Crippen molar-refractivity contribution in [2.24, 2.45) is 0 Å². The predicted molar refractivity (Wildman–Crippen MR) is 131 cm³/mol. The molecule has 0 saturated heterocycles. The molecule has 3 aromatic rings. The lowest BCUT2D eigenvalue weighted by Crippen LogP contribution is -2.53. The number of carbonyl (C=O) groups excluding carboxylic acids is 2. The minimum absolute atomic E-state index is 0.109. The second kappa shape index (κ2) is 9.44. The molecule has 1 saturated carbocycles. The lowest BCUT2D eigenvalue weighted by atomic mass is 9.90. The average Bonchev–Trinajstić information content (AvgIpc) is 3.43. The normalized spacial score (nSPS) is 21.0. The van der Waals surface area contributed by atoms with Crippen molar-refractivity contribution in [3.63, 3.8) is 0 Å². The van der Waals surface area contributed by atoms with E-state index in [9.17, 15) is 9.59 Å². The molecule has 2 atom stereocenters. The molecule has 1 aliphatic carbocycles. The summed E-state index contributed by atoms with van der Waals surface area (Å²) in [4.78, 5) is 37.3. The Labute approximate surface area is 201 Å². The number of H-pyrrole nitrogens is 1. The maximum atomic E-state index is 13.0. The Balaban J connectivity index is 1.26. The standard InChI is InChI=1S/C24H28ClN5O2S/c1-2-30-10-9-19-21(13-30)33-24(29-19)23(32)28-18-6-4-3-5-17(18)27-22(31)20-12-14-11-15(25)7-8-16(14)26-20/h7-8,11-12,17-18,26H,2-6,9-10,13H2,1H3,(H,27,31)(H,28,32)/t17-,18+/m1/s1. The van der Waals surface area contributed by atoms with Crippen molar-refractivity contribution in [1.29, 1.82) is 0 Å². The molecule has 0 unspecified atom stereocenters. The highest BCUT2D eigenvalue weighted by Gasteiger charge is 2.30. The lowest BCUT2D eigenvalue weighted by molar-refractivity contribution is 0.0860. The molecule has 33 heavy (non-hydrogen) atoms. The summed E-state index contributed by atoms with van der Waals surface area (Å²) >= 11 is 7.57. The van der Waals surface area contributed by atoms with Crippen molar-refractivity contribution in [2.75, 3.05) is 13.1 Å². The van der Waals surface area contributed by atoms with Crippen molar-refractivity contribution in [3.05, 3.63) is 50.6 Å². The monoisotopic (exact) mass is 485 g/mol. The summed E-state index contributed by atoms with van der Waals surface area (Å²) in [7, 11) is 0. The first-order valence-electron chi connectivity index (χ1n) is 11.6. The van der Waals surface area contributed by atoms with Crippen LogP contribution in [-0.4, -0.2) is 51.9 Å². The van der Waals surface area contributed by atoms with Gasteiger partial charge in [-0.2, -0.15) is 0 Å². The minimum atomic E-state index is -0.169. The van der Waals surface area contributed by atoms with Crippen LogP contribution >= 0.6 is 22.9 Å². The molecule has 1 aromatic carbocycles. The Morgan fingerprint density at radius 1 is 1.18 bits per heavy atom. The highest BCUT2D eigenvalue weighted by molar-refractivity contribution is 7.13. The molecule has 5 rings (SSSR count). The van der Waals surface area contributed by atoms with Gasteiger partial charge in [-0.25, -0.2) is 4.98 Å². The number of aromatic amines is 1. The number of nitrogens with zero attached hydrogens (tertiary/aromatic N) is 2. The molecule has 0 bridgehead atoms. The fourth-order valence-electron chi connectivity index (χ4n) is 4.79. The summed E-state index contributed by atoms with van der Waals surface area (Å²) in [6, 6.07) is 7.09. The number of rotatable bonds is 5. The summed E-state index contributed by atoms with van der Waals surface area (Å²) in [5, 5.41) is 8.36. The molecule has 2 aliphatic rings. The average molecular weight is 486 g/mol. The number of benzene rings is 1. The molecule has 2 aromatic heterocycles. The van der Waals surface area contributed by atoms with E-state index in [0.29, 0.717) is 15.7 Å². The van der Waals surface area contributed by atoms with Gasteiger partial charge in [0, 0.05) is 52.4 Å². The Morgan fingerprint density at radius 3 is 2.70 bits per heavy atom. The number of nitrogens with one attached hydrogen (secondary N) is 3. The molecule has 7 nitrogen and oxygen atoms in total. The number of aromatic nitrogens is 2. The minimum Gasteiger partial charge on any atom is -0.351 e. The van der Waals surface area contributed by atoms with Crippen LogP contribution in [-0.2, 0) is 13.0 Å². The third kappa shape index (κ3) is 4.78. The first-order valence-corrected chi connectivity index (χ1v) is 12.8. The topological polar surface area (TPSA) is 90.1 Å². The van der Waals surface area contributed by atoms with Gasteiger partial charge in [0.05, 0.1) is 5.69 Å². The zero-order chi connectivity index (χ0) is 22.9. The van der Waals surface area contributed by atoms with Crippen molar-refractivity contribution in [2.45, 2.75) is 57.7 Å². The Kier molecular flexibility index (Phi) is 6.40. The van der Waals surface area contributed by atoms with Gasteiger partial charge in [-0.3, -0.25) is 14.5 Å². The first-order chi connectivity index (χ1) is 16.0. The summed E-state index contributed by atoms with van der Waals surface area (Å²) in [5.41, 5.74) is 2.42. The van der Waals surface area contributed by atoms with Crippen LogP contribution in [0.15, 0.2) is 24.3 Å². The summed E-state index contributed by atoms with van der Waals surface area (Å²) in [6.07, 6.45) is 4.63. The number of hydrogen-bond donors (Lipinski definition) is 3. The van der Waals surface area contributed by atoms with Gasteiger partial charge in [0.2, 0.25) is 0 Å². The third-order valence-electron chi connectivity index (χ3n) is 6.68. The van der Waals surface area contributed by atoms with E-state index in [1.807, 2.05) is 18.2 Å². The lowest BCUT2D eigenvalue weighted by Gasteiger charge is -2.32. The molecule has 0 spiro atoms. The fraction of sp³-hybridized carbons (Fsp3) is 0.458. The van der Waals surface area contributed by atoms with Crippen molar-refractivity contribution in [1.82, 2.24) is 25.5 Å². The molecule has 0 radical (unpaired) electrons. The Hall–Kier alpha value is -2.42. The zero-order valence-electron chi connectivity index (χ0n) is 18.6. The van der Waals surface area contributed by atoms with E-state index < -0.39 is 0 Å². The highest BCUT2D eigenvalue weighted by atomic mass is 35.5. The van der Waals surface area contributed by atoms with Crippen LogP contribution in [0.3, 0.4) is 0 Å². The highest BCUT2D eigenvalue weighted by Crippen LogP contribution is 2.26. The quantitative estimate of drug-likeness (QED) is 0.507. The Bertz CT molecular complexity index is 1190. The largest absolute Gasteiger partial charge is 0.351 e. The van der Waals surface area contributed by atoms with E-state index in [4.69, 9.17) is 11.6 Å². The Morgan fingerprint density at radius 2 is 1.94 bits per heavy atom. The number of halogens is 1. The second-order valence-corrected chi connectivity index (χ2v) is 10.4. The van der Waals surface area contributed by atoms with E-state index in [1.165, 1.54) is 16.2 Å². The fourth-order valence-corrected chi connectivity index (χ4v) is 6.03. The molecule has 3 heterocycles. The number of hydrogen-bond acceptors (Lipinski definition) is 5. The maximum absolute atomic E-state index is 13.0. The SMILES string of the molecule is CCN1CCc2nc(C(=O)N[C@H]3CCCC[C@H]3NC(=O)c3cc4cc(Cl)ccc4[nH]3)sc2C1. The van der Waals surface area contributed by atoms with Gasteiger partial charge in [-0.1, -0.05) is 31.4 Å². The number of thiazole rings is 1. The van der Waals surface area contributed by atoms with Crippen molar-refractivity contribution >= 4 is 45.7 Å². The van der Waals surface area contributed by atoms with Crippen LogP contribution < -0.4 is 10.6 Å². The molecular weight excluding hydrogens is 458 g/mol. The summed E-state index contributed by atoms with van der Waals surface area (Å²) in [6.45, 7) is 5.02. The van der Waals surface area contributed by atoms with Crippen LogP contribution in [0.4, 0.5) is 0 Å². The third-order valence-corrected chi connectivity index (χ3v) is 7.99. The first kappa shape index (κ1) is 22.4. The molecule has 2 amide bonds. The van der Waals surface area contributed by atoms with Gasteiger partial charge in [0.25, 0.3) is 11.8 Å². The van der Waals surface area contributed by atoms with E-state index in [1.54, 1.807) is 6.07 Å². The van der Waals surface area contributed by atoms with Gasteiger partial charge in [-0.05, 0) is 43.7 Å². The van der Waals surface area contributed by atoms with E-state index in [-0.39, 0.29) is 23.9 Å². The summed E-state index contributed by atoms with van der Waals surface area (Å²) < 4.78 is 0. The predicted octanol–water partition coefficient (Wildman–Crippen LogP) is 4.13. The van der Waals surface area contributed by atoms with Gasteiger partial charge in [0.1, 0.15) is 5.69 Å². The number of likely N-dealkylation sites (N-methyl/N-ethyl adjacent to an activating group) is 1. The van der Waals surface area contributed by atoms with Crippen LogP contribution in [0.2, 0.25) is 5.02 Å². The van der Waals surface area contributed by atoms with Gasteiger partial charge in [-0.15, -0.1) is 11.3 Å². The van der Waals surface area contributed by atoms with Gasteiger partial charge < -0.3 is 15.6 Å². The van der Waals surface area contributed by atoms with Gasteiger partial charge >= 0.3 is 0 Å². The number of carbonyl (C=O) groups is 2. The van der Waals surface area contributed by atoms with Crippen molar-refractivity contribution in [3.8, 4) is 0 Å². The molecule has 3 N–H and O–H groups in total. The smallest absolute Gasteiger partial charge is 0.280 e. The molecule has 9 heteroatoms. The zero-order valence-corrected chi connectivity index (χ0v) is 20.2. The molecule has 1 aliphatic heterocycles. The van der Waals surface area contributed by atoms with E-state index in [0.717, 1.165) is 68.3 Å². The maximum Gasteiger partial charge on any atom is 0.280 e. The van der Waals surface area contributed by atoms with E-state index >= 15 is 0 Å². The van der Waals surface area contributed by atoms with Crippen LogP contribution in [0.1, 0.15) is 63.5 Å². The molecule has 1 fully saturated rings. The van der Waals surface area contributed by atoms with Crippen LogP contribution in [0.5, 0.6) is 0 Å².